The maximum absolute atomic E-state index is 12.4. The van der Waals surface area contributed by atoms with Crippen LogP contribution in [0.1, 0.15) is 47.2 Å². The van der Waals surface area contributed by atoms with E-state index in [2.05, 4.69) is 40.0 Å². The van der Waals surface area contributed by atoms with Crippen molar-refractivity contribution in [1.82, 2.24) is 15.1 Å². The minimum Gasteiger partial charge on any atom is -0.477 e. The molecule has 2 aromatic carbocycles. The normalized spacial score (nSPS) is 13.0. The molecule has 1 aliphatic carbocycles. The molecule has 0 radical (unpaired) electrons. The predicted octanol–water partition coefficient (Wildman–Crippen LogP) is 4.01. The maximum Gasteiger partial charge on any atom is 0.407 e. The van der Waals surface area contributed by atoms with E-state index in [1.807, 2.05) is 31.2 Å². The summed E-state index contributed by atoms with van der Waals surface area (Å²) >= 11 is 0. The summed E-state index contributed by atoms with van der Waals surface area (Å²) in [5.41, 5.74) is 4.52. The van der Waals surface area contributed by atoms with Crippen molar-refractivity contribution in [1.29, 1.82) is 0 Å². The lowest BCUT2D eigenvalue weighted by atomic mass is 9.98. The van der Waals surface area contributed by atoms with E-state index in [0.717, 1.165) is 22.3 Å². The van der Waals surface area contributed by atoms with Gasteiger partial charge >= 0.3 is 12.1 Å². The zero-order chi connectivity index (χ0) is 24.9. The van der Waals surface area contributed by atoms with E-state index >= 15 is 0 Å². The Labute approximate surface area is 203 Å². The number of carboxylic acid groups (broad SMARTS) is 1. The third kappa shape index (κ3) is 5.34. The fourth-order valence-electron chi connectivity index (χ4n) is 4.42. The molecule has 1 atom stereocenters. The summed E-state index contributed by atoms with van der Waals surface area (Å²) in [5, 5.41) is 18.5. The summed E-state index contributed by atoms with van der Waals surface area (Å²) in [6.07, 6.45) is 1.54. The summed E-state index contributed by atoms with van der Waals surface area (Å²) in [6, 6.07) is 16.3. The second kappa shape index (κ2) is 10.4. The van der Waals surface area contributed by atoms with Crippen LogP contribution in [0.3, 0.4) is 0 Å². The zero-order valence-electron chi connectivity index (χ0n) is 19.7. The first-order valence-electron chi connectivity index (χ1n) is 11.5. The number of fused-ring (bicyclic) bond motifs is 3. The minimum atomic E-state index is -1.17. The third-order valence-corrected chi connectivity index (χ3v) is 6.25. The van der Waals surface area contributed by atoms with Crippen molar-refractivity contribution in [3.63, 3.8) is 0 Å². The number of anilines is 1. The lowest BCUT2D eigenvalue weighted by molar-refractivity contribution is -0.117. The van der Waals surface area contributed by atoms with Gasteiger partial charge in [0.05, 0.1) is 0 Å². The van der Waals surface area contributed by atoms with Gasteiger partial charge in [0.15, 0.2) is 5.82 Å². The van der Waals surface area contributed by atoms with Crippen molar-refractivity contribution in [2.24, 2.45) is 13.0 Å². The monoisotopic (exact) mass is 476 g/mol. The Bertz CT molecular complexity index is 1210. The number of hydrogen-bond acceptors (Lipinski definition) is 5. The Balaban J connectivity index is 1.29. The molecular weight excluding hydrogens is 448 g/mol. The summed E-state index contributed by atoms with van der Waals surface area (Å²) < 4.78 is 6.88. The van der Waals surface area contributed by atoms with Crippen LogP contribution >= 0.6 is 0 Å². The largest absolute Gasteiger partial charge is 0.477 e. The number of aromatic carboxylic acids is 1. The van der Waals surface area contributed by atoms with Crippen LogP contribution in [0.4, 0.5) is 10.6 Å². The number of hydrogen-bond donors (Lipinski definition) is 3. The molecule has 35 heavy (non-hydrogen) atoms. The van der Waals surface area contributed by atoms with Gasteiger partial charge in [-0.25, -0.2) is 9.59 Å². The van der Waals surface area contributed by atoms with Gasteiger partial charge < -0.3 is 20.5 Å². The highest BCUT2D eigenvalue weighted by Crippen LogP contribution is 2.44. The molecule has 0 saturated carbocycles. The molecular formula is C26H28N4O5. The van der Waals surface area contributed by atoms with Crippen molar-refractivity contribution in [2.75, 3.05) is 18.5 Å². The molecule has 1 heterocycles. The number of benzene rings is 2. The quantitative estimate of drug-likeness (QED) is 0.429. The summed E-state index contributed by atoms with van der Waals surface area (Å²) in [7, 11) is 1.58. The molecule has 0 bridgehead atoms. The van der Waals surface area contributed by atoms with E-state index in [1.165, 1.54) is 10.9 Å². The molecule has 9 heteroatoms. The van der Waals surface area contributed by atoms with Gasteiger partial charge in [-0.3, -0.25) is 9.48 Å². The molecule has 3 N–H and O–H groups in total. The molecule has 0 saturated heterocycles. The fourth-order valence-corrected chi connectivity index (χ4v) is 4.42. The van der Waals surface area contributed by atoms with Crippen LogP contribution in [-0.2, 0) is 16.6 Å². The second-order valence-corrected chi connectivity index (χ2v) is 8.60. The summed E-state index contributed by atoms with van der Waals surface area (Å²) in [6.45, 7) is 2.39. The Kier molecular flexibility index (Phi) is 7.14. The number of rotatable bonds is 9. The predicted molar refractivity (Wildman–Crippen MR) is 130 cm³/mol. The van der Waals surface area contributed by atoms with Crippen molar-refractivity contribution < 1.29 is 24.2 Å². The van der Waals surface area contributed by atoms with Crippen LogP contribution in [0, 0.1) is 5.92 Å². The number of aryl methyl sites for hydroxylation is 1. The molecule has 0 spiro atoms. The smallest absolute Gasteiger partial charge is 0.407 e. The highest BCUT2D eigenvalue weighted by Gasteiger charge is 2.29. The van der Waals surface area contributed by atoms with Crippen molar-refractivity contribution in [2.45, 2.75) is 25.7 Å². The molecule has 0 fully saturated rings. The van der Waals surface area contributed by atoms with Crippen molar-refractivity contribution >= 4 is 23.8 Å². The third-order valence-electron chi connectivity index (χ3n) is 6.25. The number of carbonyl (C=O) groups is 3. The van der Waals surface area contributed by atoms with Gasteiger partial charge in [0.1, 0.15) is 12.2 Å². The Morgan fingerprint density at radius 1 is 1.09 bits per heavy atom. The highest BCUT2D eigenvalue weighted by molar-refractivity contribution is 5.99. The Morgan fingerprint density at radius 2 is 1.71 bits per heavy atom. The van der Waals surface area contributed by atoms with E-state index < -0.39 is 12.1 Å². The Hall–Kier alpha value is -4.14. The van der Waals surface area contributed by atoms with Gasteiger partial charge in [-0.15, -0.1) is 0 Å². The lowest BCUT2D eigenvalue weighted by Crippen LogP contribution is -2.32. The van der Waals surface area contributed by atoms with Gasteiger partial charge in [-0.2, -0.15) is 5.10 Å². The molecule has 182 valence electrons. The van der Waals surface area contributed by atoms with E-state index in [-0.39, 0.29) is 48.7 Å². The second-order valence-electron chi connectivity index (χ2n) is 8.60. The topological polar surface area (TPSA) is 123 Å². The lowest BCUT2D eigenvalue weighted by Gasteiger charge is -2.17. The molecule has 0 aliphatic heterocycles. The summed E-state index contributed by atoms with van der Waals surface area (Å²) in [5.74, 6) is -1.70. The molecule has 2 amide bonds. The van der Waals surface area contributed by atoms with Crippen LogP contribution in [0.2, 0.25) is 0 Å². The number of carbonyl (C=O) groups excluding carboxylic acids is 2. The standard InChI is InChI=1S/C26H28N4O5/c1-3-16(12-23(31)28-24-21(25(32)33)14-30(2)29-24)13-27-26(34)35-15-22-19-10-6-4-8-17(19)18-9-5-7-11-20(18)22/h4-11,14,16,22H,3,12-13,15H2,1-2H3,(H,27,34)(H,32,33)(H,28,29,31). The molecule has 1 aliphatic rings. The van der Waals surface area contributed by atoms with Crippen LogP contribution < -0.4 is 10.6 Å². The number of nitrogens with one attached hydrogen (secondary N) is 2. The SMILES string of the molecule is CCC(CNC(=O)OCC1c2ccccc2-c2ccccc21)CC(=O)Nc1nn(C)cc1C(=O)O. The minimum absolute atomic E-state index is 0.00403. The van der Waals surface area contributed by atoms with Gasteiger partial charge in [-0.1, -0.05) is 61.9 Å². The summed E-state index contributed by atoms with van der Waals surface area (Å²) in [4.78, 5) is 36.2. The van der Waals surface area contributed by atoms with Crippen LogP contribution in [0.5, 0.6) is 0 Å². The average molecular weight is 477 g/mol. The van der Waals surface area contributed by atoms with Crippen molar-refractivity contribution in [3.8, 4) is 11.1 Å². The molecule has 1 aromatic heterocycles. The number of nitrogens with zero attached hydrogens (tertiary/aromatic N) is 2. The van der Waals surface area contributed by atoms with Gasteiger partial charge in [-0.05, 0) is 28.2 Å². The number of amides is 2. The van der Waals surface area contributed by atoms with Gasteiger partial charge in [0.25, 0.3) is 0 Å². The van der Waals surface area contributed by atoms with Gasteiger partial charge in [0.2, 0.25) is 5.91 Å². The van der Waals surface area contributed by atoms with Crippen molar-refractivity contribution in [3.05, 3.63) is 71.4 Å². The van der Waals surface area contributed by atoms with Crippen LogP contribution in [0.15, 0.2) is 54.7 Å². The Morgan fingerprint density at radius 3 is 2.31 bits per heavy atom. The average Bonchev–Trinajstić information content (AvgIpc) is 3.37. The number of carboxylic acids is 1. The fraction of sp³-hybridized carbons (Fsp3) is 0.308. The zero-order valence-corrected chi connectivity index (χ0v) is 19.7. The number of alkyl carbamates (subject to hydrolysis) is 1. The first kappa shape index (κ1) is 24.0. The maximum atomic E-state index is 12.4. The first-order chi connectivity index (χ1) is 16.9. The number of ether oxygens (including phenoxy) is 1. The molecule has 3 aromatic rings. The van der Waals surface area contributed by atoms with E-state index in [0.29, 0.717) is 6.42 Å². The van der Waals surface area contributed by atoms with E-state index in [4.69, 9.17) is 4.74 Å². The van der Waals surface area contributed by atoms with E-state index in [1.54, 1.807) is 7.05 Å². The first-order valence-corrected chi connectivity index (χ1v) is 11.5. The van der Waals surface area contributed by atoms with Crippen LogP contribution in [0.25, 0.3) is 11.1 Å². The van der Waals surface area contributed by atoms with E-state index in [9.17, 15) is 19.5 Å². The highest BCUT2D eigenvalue weighted by atomic mass is 16.5. The molecule has 1 unspecified atom stereocenters. The molecule has 9 nitrogen and oxygen atoms in total. The van der Waals surface area contributed by atoms with Gasteiger partial charge in [0, 0.05) is 32.1 Å². The molecule has 4 rings (SSSR count). The van der Waals surface area contributed by atoms with Crippen LogP contribution in [-0.4, -0.2) is 46.0 Å². The number of aromatic nitrogens is 2.